The number of urea groups is 1. The van der Waals surface area contributed by atoms with Crippen LogP contribution in [0.25, 0.3) is 11.0 Å². The van der Waals surface area contributed by atoms with Gasteiger partial charge in [0.15, 0.2) is 0 Å². The van der Waals surface area contributed by atoms with Crippen molar-refractivity contribution in [2.45, 2.75) is 46.3 Å². The summed E-state index contributed by atoms with van der Waals surface area (Å²) < 4.78 is 7.82. The molecule has 0 bridgehead atoms. The summed E-state index contributed by atoms with van der Waals surface area (Å²) in [6.45, 7) is 8.97. The number of rotatable bonds is 4. The first kappa shape index (κ1) is 25.8. The second-order valence-corrected chi connectivity index (χ2v) is 11.3. The van der Waals surface area contributed by atoms with E-state index in [9.17, 15) is 9.59 Å². The van der Waals surface area contributed by atoms with Crippen LogP contribution in [0, 0.1) is 6.92 Å². The van der Waals surface area contributed by atoms with E-state index in [1.54, 1.807) is 12.4 Å². The lowest BCUT2D eigenvalue weighted by atomic mass is 10.1. The van der Waals surface area contributed by atoms with Crippen LogP contribution in [0.1, 0.15) is 37.5 Å². The first-order chi connectivity index (χ1) is 18.1. The van der Waals surface area contributed by atoms with Crippen molar-refractivity contribution >= 4 is 56.1 Å². The maximum atomic E-state index is 12.8. The number of carbonyl (C=O) groups excluding carboxylic acids is 2. The zero-order valence-electron chi connectivity index (χ0n) is 21.8. The molecular formula is C29H30BrN5O3. The molecule has 2 aromatic carbocycles. The summed E-state index contributed by atoms with van der Waals surface area (Å²) in [5, 5.41) is 6.86. The highest BCUT2D eigenvalue weighted by Crippen LogP contribution is 2.35. The van der Waals surface area contributed by atoms with Crippen LogP contribution in [0.5, 0.6) is 0 Å². The highest BCUT2D eigenvalue weighted by molar-refractivity contribution is 9.10. The summed E-state index contributed by atoms with van der Waals surface area (Å²) in [7, 11) is 0. The maximum Gasteiger partial charge on any atom is 0.420 e. The highest BCUT2D eigenvalue weighted by Gasteiger charge is 2.25. The first-order valence-electron chi connectivity index (χ1n) is 12.5. The van der Waals surface area contributed by atoms with Crippen LogP contribution in [0.2, 0.25) is 0 Å². The molecule has 0 atom stereocenters. The summed E-state index contributed by atoms with van der Waals surface area (Å²) >= 11 is 3.49. The van der Waals surface area contributed by atoms with E-state index in [1.165, 1.54) is 4.57 Å². The zero-order chi connectivity index (χ0) is 27.0. The van der Waals surface area contributed by atoms with Crippen LogP contribution in [-0.2, 0) is 17.7 Å². The molecule has 1 aliphatic heterocycles. The molecule has 9 heteroatoms. The van der Waals surface area contributed by atoms with Gasteiger partial charge in [-0.15, -0.1) is 0 Å². The predicted octanol–water partition coefficient (Wildman–Crippen LogP) is 7.10. The van der Waals surface area contributed by atoms with Crippen molar-refractivity contribution < 1.29 is 14.3 Å². The first-order valence-corrected chi connectivity index (χ1v) is 13.3. The van der Waals surface area contributed by atoms with Gasteiger partial charge < -0.3 is 20.3 Å². The lowest BCUT2D eigenvalue weighted by molar-refractivity contribution is 0.0543. The molecule has 0 unspecified atom stereocenters. The molecule has 0 aliphatic carbocycles. The van der Waals surface area contributed by atoms with Gasteiger partial charge in [0.2, 0.25) is 0 Å². The van der Waals surface area contributed by atoms with Crippen LogP contribution < -0.4 is 15.5 Å². The average molecular weight is 576 g/mol. The van der Waals surface area contributed by atoms with Crippen LogP contribution in [0.4, 0.5) is 26.7 Å². The average Bonchev–Trinajstić information content (AvgIpc) is 3.46. The summed E-state index contributed by atoms with van der Waals surface area (Å²) in [4.78, 5) is 32.2. The van der Waals surface area contributed by atoms with Crippen molar-refractivity contribution in [1.82, 2.24) is 9.55 Å². The van der Waals surface area contributed by atoms with Gasteiger partial charge in [-0.3, -0.25) is 0 Å². The van der Waals surface area contributed by atoms with Gasteiger partial charge in [-0.2, -0.15) is 0 Å². The third kappa shape index (κ3) is 5.38. The number of halogens is 1. The Morgan fingerprint density at radius 2 is 1.87 bits per heavy atom. The highest BCUT2D eigenvalue weighted by atomic mass is 79.9. The molecule has 8 nitrogen and oxygen atoms in total. The van der Waals surface area contributed by atoms with Gasteiger partial charge in [-0.25, -0.2) is 19.1 Å². The molecule has 2 amide bonds. The van der Waals surface area contributed by atoms with E-state index in [0.29, 0.717) is 12.2 Å². The number of hydrogen-bond acceptors (Lipinski definition) is 5. The molecule has 3 heterocycles. The van der Waals surface area contributed by atoms with Gasteiger partial charge >= 0.3 is 12.1 Å². The fourth-order valence-electron chi connectivity index (χ4n) is 4.69. The van der Waals surface area contributed by atoms with Crippen LogP contribution >= 0.6 is 15.9 Å². The Labute approximate surface area is 230 Å². The minimum atomic E-state index is -0.594. The fourth-order valence-corrected chi connectivity index (χ4v) is 5.03. The number of ether oxygens (including phenoxy) is 1. The molecule has 0 fully saturated rings. The zero-order valence-corrected chi connectivity index (χ0v) is 23.4. The normalized spacial score (nSPS) is 12.9. The van der Waals surface area contributed by atoms with Gasteiger partial charge in [0.1, 0.15) is 11.2 Å². The van der Waals surface area contributed by atoms with Crippen molar-refractivity contribution in [1.29, 1.82) is 0 Å². The molecule has 0 saturated carbocycles. The molecule has 1 aliphatic rings. The van der Waals surface area contributed by atoms with E-state index in [0.717, 1.165) is 56.6 Å². The Balaban J connectivity index is 1.34. The Morgan fingerprint density at radius 1 is 1.08 bits per heavy atom. The molecule has 4 aromatic rings. The van der Waals surface area contributed by atoms with E-state index >= 15 is 0 Å². The monoisotopic (exact) mass is 575 g/mol. The smallest absolute Gasteiger partial charge is 0.420 e. The minimum absolute atomic E-state index is 0.289. The maximum absolute atomic E-state index is 12.8. The van der Waals surface area contributed by atoms with Crippen LogP contribution in [-0.4, -0.2) is 33.8 Å². The Hall–Kier alpha value is -3.85. The lowest BCUT2D eigenvalue weighted by Crippen LogP contribution is -2.27. The van der Waals surface area contributed by atoms with E-state index in [-0.39, 0.29) is 6.03 Å². The van der Waals surface area contributed by atoms with Crippen molar-refractivity contribution in [2.75, 3.05) is 22.1 Å². The minimum Gasteiger partial charge on any atom is -0.443 e. The summed E-state index contributed by atoms with van der Waals surface area (Å²) in [5.74, 6) is 0. The predicted molar refractivity (Wildman–Crippen MR) is 154 cm³/mol. The number of benzene rings is 2. The number of hydrogen-bond donors (Lipinski definition) is 2. The number of nitrogens with zero attached hydrogens (tertiary/aromatic N) is 3. The quantitative estimate of drug-likeness (QED) is 0.271. The lowest BCUT2D eigenvalue weighted by Gasteiger charge is -2.21. The summed E-state index contributed by atoms with van der Waals surface area (Å²) in [6, 6.07) is 15.4. The number of aryl methyl sites for hydroxylation is 1. The fraction of sp³-hybridized carbons (Fsp3) is 0.276. The van der Waals surface area contributed by atoms with Gasteiger partial charge in [-0.05, 0) is 97.6 Å². The number of pyridine rings is 1. The summed E-state index contributed by atoms with van der Waals surface area (Å²) in [5.41, 5.74) is 5.80. The number of nitrogens with one attached hydrogen (secondary N) is 2. The number of carbonyl (C=O) groups is 2. The Bertz CT molecular complexity index is 1540. The molecule has 196 valence electrons. The molecular weight excluding hydrogens is 546 g/mol. The van der Waals surface area contributed by atoms with Crippen molar-refractivity contribution in [2.24, 2.45) is 0 Å². The van der Waals surface area contributed by atoms with E-state index < -0.39 is 11.7 Å². The molecule has 2 aromatic heterocycles. The van der Waals surface area contributed by atoms with Crippen LogP contribution in [0.15, 0.2) is 65.4 Å². The van der Waals surface area contributed by atoms with Crippen molar-refractivity contribution in [3.05, 3.63) is 82.1 Å². The SMILES string of the molecule is Cc1ccc(Br)c(NC(=O)Nc2cccc3c2CCN3Cc2ccnc3c2ccn3C(=O)OC(C)(C)C)c1. The Kier molecular flexibility index (Phi) is 6.88. The topological polar surface area (TPSA) is 88.5 Å². The number of amides is 2. The number of aromatic nitrogens is 2. The molecule has 38 heavy (non-hydrogen) atoms. The number of fused-ring (bicyclic) bond motifs is 2. The molecule has 2 N–H and O–H groups in total. The standard InChI is InChI=1S/C29H30BrN5O3/c1-18-8-9-22(30)24(16-18)33-27(36)32-23-6-5-7-25-21(23)11-14-34(25)17-19-10-13-31-26-20(19)12-15-35(26)28(37)38-29(2,3)4/h5-10,12-13,15-16H,11,14,17H2,1-4H3,(H2,32,33,36). The molecule has 0 radical (unpaired) electrons. The Morgan fingerprint density at radius 3 is 2.66 bits per heavy atom. The van der Waals surface area contributed by atoms with E-state index in [2.05, 4.69) is 42.5 Å². The second kappa shape index (κ2) is 10.1. The summed E-state index contributed by atoms with van der Waals surface area (Å²) in [6.07, 6.45) is 3.80. The van der Waals surface area contributed by atoms with Crippen LogP contribution in [0.3, 0.4) is 0 Å². The third-order valence-corrected chi connectivity index (χ3v) is 7.06. The molecule has 0 saturated heterocycles. The second-order valence-electron chi connectivity index (χ2n) is 10.4. The van der Waals surface area contributed by atoms with Gasteiger partial charge in [0, 0.05) is 52.3 Å². The number of anilines is 3. The largest absolute Gasteiger partial charge is 0.443 e. The van der Waals surface area contributed by atoms with Crippen molar-refractivity contribution in [3.63, 3.8) is 0 Å². The third-order valence-electron chi connectivity index (χ3n) is 6.37. The van der Waals surface area contributed by atoms with E-state index in [4.69, 9.17) is 4.74 Å². The molecule has 5 rings (SSSR count). The molecule has 0 spiro atoms. The van der Waals surface area contributed by atoms with Crippen molar-refractivity contribution in [3.8, 4) is 0 Å². The van der Waals surface area contributed by atoms with E-state index in [1.807, 2.05) is 70.2 Å². The van der Waals surface area contributed by atoms with Gasteiger partial charge in [0.05, 0.1) is 5.69 Å². The van der Waals surface area contributed by atoms with Gasteiger partial charge in [0.25, 0.3) is 0 Å². The van der Waals surface area contributed by atoms with Gasteiger partial charge in [-0.1, -0.05) is 12.1 Å².